The van der Waals surface area contributed by atoms with Crippen molar-refractivity contribution in [2.75, 3.05) is 12.3 Å². The van der Waals surface area contributed by atoms with Crippen molar-refractivity contribution in [1.82, 2.24) is 19.5 Å². The summed E-state index contributed by atoms with van der Waals surface area (Å²) < 4.78 is 13.0. The molecule has 0 aromatic carbocycles. The number of anilines is 1. The smallest absolute Gasteiger partial charge is 0.192 e. The summed E-state index contributed by atoms with van der Waals surface area (Å²) >= 11 is 1.48. The molecule has 0 bridgehead atoms. The van der Waals surface area contributed by atoms with Crippen LogP contribution in [0.1, 0.15) is 24.8 Å². The molecule has 22 heavy (non-hydrogen) atoms. The molecule has 4 heterocycles. The van der Waals surface area contributed by atoms with Crippen molar-refractivity contribution in [3.8, 4) is 0 Å². The lowest BCUT2D eigenvalue weighted by Crippen LogP contribution is -2.07. The zero-order valence-electron chi connectivity index (χ0n) is 11.8. The molecule has 3 aromatic heterocycles. The number of nitrogens with zero attached hydrogens (tertiary/aromatic N) is 4. The molecule has 4 rings (SSSR count). The Labute approximate surface area is 130 Å². The molecule has 1 atom stereocenters. The lowest BCUT2D eigenvalue weighted by atomic mass is 10.3. The Kier molecular flexibility index (Phi) is 3.47. The van der Waals surface area contributed by atoms with Gasteiger partial charge in [0.25, 0.3) is 0 Å². The fraction of sp³-hybridized carbons (Fsp3) is 0.357. The molecule has 0 spiro atoms. The van der Waals surface area contributed by atoms with E-state index in [-0.39, 0.29) is 6.23 Å². The molecule has 1 aliphatic heterocycles. The van der Waals surface area contributed by atoms with Gasteiger partial charge in [-0.25, -0.2) is 15.0 Å². The Morgan fingerprint density at radius 1 is 1.41 bits per heavy atom. The number of imidazole rings is 1. The van der Waals surface area contributed by atoms with Crippen molar-refractivity contribution < 1.29 is 9.15 Å². The van der Waals surface area contributed by atoms with Crippen LogP contribution in [0.4, 0.5) is 5.82 Å². The van der Waals surface area contributed by atoms with Crippen LogP contribution in [0.25, 0.3) is 11.2 Å². The van der Waals surface area contributed by atoms with Gasteiger partial charge in [0.2, 0.25) is 0 Å². The van der Waals surface area contributed by atoms with Crippen molar-refractivity contribution in [2.24, 2.45) is 0 Å². The topological polar surface area (TPSA) is 92.0 Å². The fourth-order valence-electron chi connectivity index (χ4n) is 2.50. The standard InChI is InChI=1S/C14H15N5O2S/c15-12-11-13(19(8-16-11)10-4-2-6-21-10)18-14(17-12)22-7-9-3-1-5-20-9/h1,3,5,8,10H,2,4,6-7H2,(H2,15,17,18). The van der Waals surface area contributed by atoms with E-state index in [4.69, 9.17) is 14.9 Å². The normalized spacial score (nSPS) is 18.3. The number of nitrogens with two attached hydrogens (primary N) is 1. The summed E-state index contributed by atoms with van der Waals surface area (Å²) in [7, 11) is 0. The van der Waals surface area contributed by atoms with Gasteiger partial charge in [-0.15, -0.1) is 0 Å². The van der Waals surface area contributed by atoms with E-state index in [1.807, 2.05) is 16.7 Å². The van der Waals surface area contributed by atoms with Crippen molar-refractivity contribution in [1.29, 1.82) is 0 Å². The number of aromatic nitrogens is 4. The number of furan rings is 1. The Balaban J connectivity index is 1.66. The molecule has 0 saturated carbocycles. The first-order valence-corrected chi connectivity index (χ1v) is 8.06. The summed E-state index contributed by atoms with van der Waals surface area (Å²) in [6, 6.07) is 3.78. The second-order valence-electron chi connectivity index (χ2n) is 5.05. The van der Waals surface area contributed by atoms with Gasteiger partial charge < -0.3 is 14.9 Å². The maximum atomic E-state index is 6.01. The number of nitrogen functional groups attached to an aromatic ring is 1. The van der Waals surface area contributed by atoms with E-state index < -0.39 is 0 Å². The van der Waals surface area contributed by atoms with Crippen LogP contribution in [0.3, 0.4) is 0 Å². The third-order valence-electron chi connectivity index (χ3n) is 3.57. The Hall–Kier alpha value is -2.06. The quantitative estimate of drug-likeness (QED) is 0.584. The summed E-state index contributed by atoms with van der Waals surface area (Å²) in [4.78, 5) is 13.2. The molecule has 1 saturated heterocycles. The van der Waals surface area contributed by atoms with Gasteiger partial charge in [-0.2, -0.15) is 0 Å². The number of hydrogen-bond donors (Lipinski definition) is 1. The molecule has 1 unspecified atom stereocenters. The average Bonchev–Trinajstić information content (AvgIpc) is 3.25. The van der Waals surface area contributed by atoms with Crippen LogP contribution in [-0.4, -0.2) is 26.1 Å². The summed E-state index contributed by atoms with van der Waals surface area (Å²) in [5.74, 6) is 1.93. The van der Waals surface area contributed by atoms with E-state index in [9.17, 15) is 0 Å². The van der Waals surface area contributed by atoms with Gasteiger partial charge in [-0.3, -0.25) is 4.57 Å². The van der Waals surface area contributed by atoms with Gasteiger partial charge in [-0.1, -0.05) is 11.8 Å². The first kappa shape index (κ1) is 13.6. The van der Waals surface area contributed by atoms with Gasteiger partial charge in [0, 0.05) is 6.61 Å². The second-order valence-corrected chi connectivity index (χ2v) is 5.99. The van der Waals surface area contributed by atoms with Crippen LogP contribution in [0.5, 0.6) is 0 Å². The number of ether oxygens (including phenoxy) is 1. The summed E-state index contributed by atoms with van der Waals surface area (Å²) in [6.45, 7) is 0.769. The third kappa shape index (κ3) is 2.44. The minimum atomic E-state index is -0.0118. The molecule has 1 fully saturated rings. The second kappa shape index (κ2) is 5.62. The van der Waals surface area contributed by atoms with Crippen LogP contribution in [-0.2, 0) is 10.5 Å². The third-order valence-corrected chi connectivity index (χ3v) is 4.44. The van der Waals surface area contributed by atoms with Gasteiger partial charge in [0.1, 0.15) is 17.5 Å². The summed E-state index contributed by atoms with van der Waals surface area (Å²) in [6.07, 6.45) is 5.38. The number of fused-ring (bicyclic) bond motifs is 1. The van der Waals surface area contributed by atoms with E-state index in [2.05, 4.69) is 15.0 Å². The lowest BCUT2D eigenvalue weighted by Gasteiger charge is -2.11. The minimum Gasteiger partial charge on any atom is -0.468 e. The SMILES string of the molecule is Nc1nc(SCc2ccco2)nc2c1ncn2C1CCCO1. The van der Waals surface area contributed by atoms with E-state index in [1.54, 1.807) is 12.6 Å². The minimum absolute atomic E-state index is 0.0118. The van der Waals surface area contributed by atoms with Crippen LogP contribution >= 0.6 is 11.8 Å². The van der Waals surface area contributed by atoms with Gasteiger partial charge in [0.05, 0.1) is 18.3 Å². The highest BCUT2D eigenvalue weighted by Gasteiger charge is 2.21. The van der Waals surface area contributed by atoms with Crippen molar-refractivity contribution in [3.63, 3.8) is 0 Å². The van der Waals surface area contributed by atoms with Crippen LogP contribution in [0.2, 0.25) is 0 Å². The monoisotopic (exact) mass is 317 g/mol. The maximum absolute atomic E-state index is 6.01. The molecule has 0 radical (unpaired) electrons. The predicted octanol–water partition coefficient (Wildman–Crippen LogP) is 2.60. The van der Waals surface area contributed by atoms with Crippen molar-refractivity contribution in [3.05, 3.63) is 30.5 Å². The molecule has 0 aliphatic carbocycles. The first-order chi connectivity index (χ1) is 10.8. The Morgan fingerprint density at radius 2 is 2.36 bits per heavy atom. The van der Waals surface area contributed by atoms with E-state index >= 15 is 0 Å². The van der Waals surface area contributed by atoms with Gasteiger partial charge >= 0.3 is 0 Å². The number of thioether (sulfide) groups is 1. The van der Waals surface area contributed by atoms with Gasteiger partial charge in [-0.05, 0) is 25.0 Å². The van der Waals surface area contributed by atoms with Crippen molar-refractivity contribution >= 4 is 28.7 Å². The lowest BCUT2D eigenvalue weighted by molar-refractivity contribution is 0.0592. The van der Waals surface area contributed by atoms with Crippen LogP contribution in [0, 0.1) is 0 Å². The van der Waals surface area contributed by atoms with Gasteiger partial charge in [0.15, 0.2) is 16.6 Å². The highest BCUT2D eigenvalue weighted by atomic mass is 32.2. The summed E-state index contributed by atoms with van der Waals surface area (Å²) in [5, 5.41) is 0.612. The zero-order chi connectivity index (χ0) is 14.9. The molecular weight excluding hydrogens is 302 g/mol. The molecule has 7 nitrogen and oxygen atoms in total. The largest absolute Gasteiger partial charge is 0.468 e. The molecule has 2 N–H and O–H groups in total. The van der Waals surface area contributed by atoms with E-state index in [0.29, 0.717) is 22.2 Å². The molecule has 0 amide bonds. The Bertz CT molecular complexity index is 780. The molecule has 1 aliphatic rings. The van der Waals surface area contributed by atoms with Crippen LogP contribution in [0.15, 0.2) is 34.3 Å². The molecule has 3 aromatic rings. The first-order valence-electron chi connectivity index (χ1n) is 7.08. The summed E-state index contributed by atoms with van der Waals surface area (Å²) in [5.41, 5.74) is 7.36. The fourth-order valence-corrected chi connectivity index (χ4v) is 3.25. The highest BCUT2D eigenvalue weighted by molar-refractivity contribution is 7.98. The van der Waals surface area contributed by atoms with E-state index in [0.717, 1.165) is 30.9 Å². The van der Waals surface area contributed by atoms with Crippen LogP contribution < -0.4 is 5.73 Å². The Morgan fingerprint density at radius 3 is 3.14 bits per heavy atom. The van der Waals surface area contributed by atoms with Crippen molar-refractivity contribution in [2.45, 2.75) is 30.0 Å². The predicted molar refractivity (Wildman–Crippen MR) is 82.2 cm³/mol. The molecular formula is C14H15N5O2S. The average molecular weight is 317 g/mol. The molecule has 114 valence electrons. The molecule has 8 heteroatoms. The number of hydrogen-bond acceptors (Lipinski definition) is 7. The highest BCUT2D eigenvalue weighted by Crippen LogP contribution is 2.29. The zero-order valence-corrected chi connectivity index (χ0v) is 12.6. The number of rotatable bonds is 4. The maximum Gasteiger partial charge on any atom is 0.192 e. The van der Waals surface area contributed by atoms with E-state index in [1.165, 1.54) is 11.8 Å².